The van der Waals surface area contributed by atoms with Gasteiger partial charge in [-0.3, -0.25) is 4.79 Å². The molecular formula is C13H19NO3. The number of carbonyl (C=O) groups excluding carboxylic acids is 1. The Balaban J connectivity index is 2.73. The second kappa shape index (κ2) is 7.04. The lowest BCUT2D eigenvalue weighted by atomic mass is 9.99. The van der Waals surface area contributed by atoms with Gasteiger partial charge in [0.25, 0.3) is 0 Å². The molecule has 1 atom stereocenters. The number of hydrogen-bond acceptors (Lipinski definition) is 4. The van der Waals surface area contributed by atoms with E-state index in [1.165, 1.54) is 0 Å². The Bertz CT molecular complexity index is 365. The molecule has 0 aliphatic rings. The molecule has 17 heavy (non-hydrogen) atoms. The molecule has 0 bridgehead atoms. The van der Waals surface area contributed by atoms with E-state index in [1.807, 2.05) is 24.3 Å². The first-order valence-corrected chi connectivity index (χ1v) is 5.67. The molecule has 0 radical (unpaired) electrons. The summed E-state index contributed by atoms with van der Waals surface area (Å²) in [7, 11) is 1.63. The Hall–Kier alpha value is -1.39. The van der Waals surface area contributed by atoms with Gasteiger partial charge in [0.1, 0.15) is 0 Å². The summed E-state index contributed by atoms with van der Waals surface area (Å²) < 4.78 is 9.98. The van der Waals surface area contributed by atoms with Crippen LogP contribution in [-0.2, 0) is 20.9 Å². The summed E-state index contributed by atoms with van der Waals surface area (Å²) in [4.78, 5) is 11.4. The summed E-state index contributed by atoms with van der Waals surface area (Å²) in [6.45, 7) is 2.65. The molecule has 0 saturated heterocycles. The van der Waals surface area contributed by atoms with E-state index in [2.05, 4.69) is 0 Å². The van der Waals surface area contributed by atoms with E-state index in [-0.39, 0.29) is 18.4 Å². The van der Waals surface area contributed by atoms with Gasteiger partial charge in [0.2, 0.25) is 0 Å². The van der Waals surface area contributed by atoms with Gasteiger partial charge in [-0.05, 0) is 18.1 Å². The van der Waals surface area contributed by atoms with E-state index in [0.717, 1.165) is 11.1 Å². The standard InChI is InChI=1S/C13H19NO3/c1-3-17-13(15)8-12(14)11-7-5-4-6-10(11)9-16-2/h4-7,12H,3,8-9,14H2,1-2H3/t12-/m1/s1. The molecule has 0 aromatic heterocycles. The fraction of sp³-hybridized carbons (Fsp3) is 0.462. The van der Waals surface area contributed by atoms with Crippen molar-refractivity contribution in [1.82, 2.24) is 0 Å². The largest absolute Gasteiger partial charge is 0.466 e. The summed E-state index contributed by atoms with van der Waals surface area (Å²) >= 11 is 0. The number of esters is 1. The van der Waals surface area contributed by atoms with Crippen LogP contribution in [0.15, 0.2) is 24.3 Å². The number of rotatable bonds is 6. The molecule has 0 fully saturated rings. The second-order valence-corrected chi connectivity index (χ2v) is 3.75. The van der Waals surface area contributed by atoms with Crippen molar-refractivity contribution in [2.75, 3.05) is 13.7 Å². The Kier molecular flexibility index (Phi) is 5.66. The van der Waals surface area contributed by atoms with Crippen LogP contribution in [0.25, 0.3) is 0 Å². The molecule has 1 aromatic carbocycles. The first-order chi connectivity index (χ1) is 8.19. The number of ether oxygens (including phenoxy) is 2. The monoisotopic (exact) mass is 237 g/mol. The highest BCUT2D eigenvalue weighted by Gasteiger charge is 2.15. The van der Waals surface area contributed by atoms with Crippen molar-refractivity contribution in [3.8, 4) is 0 Å². The van der Waals surface area contributed by atoms with Gasteiger partial charge in [0.15, 0.2) is 0 Å². The fourth-order valence-electron chi connectivity index (χ4n) is 1.69. The van der Waals surface area contributed by atoms with Gasteiger partial charge in [0, 0.05) is 13.2 Å². The normalized spacial score (nSPS) is 12.2. The summed E-state index contributed by atoms with van der Waals surface area (Å²) in [6, 6.07) is 7.34. The quantitative estimate of drug-likeness (QED) is 0.766. The van der Waals surface area contributed by atoms with Crippen molar-refractivity contribution >= 4 is 5.97 Å². The molecule has 0 aliphatic carbocycles. The van der Waals surface area contributed by atoms with E-state index in [1.54, 1.807) is 14.0 Å². The molecule has 0 saturated carbocycles. The third-order valence-corrected chi connectivity index (χ3v) is 2.45. The van der Waals surface area contributed by atoms with Crippen molar-refractivity contribution in [2.45, 2.75) is 26.0 Å². The molecule has 94 valence electrons. The highest BCUT2D eigenvalue weighted by atomic mass is 16.5. The lowest BCUT2D eigenvalue weighted by Crippen LogP contribution is -2.18. The minimum atomic E-state index is -0.347. The zero-order valence-electron chi connectivity index (χ0n) is 10.3. The van der Waals surface area contributed by atoms with Crippen molar-refractivity contribution in [2.24, 2.45) is 5.73 Å². The van der Waals surface area contributed by atoms with E-state index < -0.39 is 0 Å². The third-order valence-electron chi connectivity index (χ3n) is 2.45. The van der Waals surface area contributed by atoms with Crippen LogP contribution in [-0.4, -0.2) is 19.7 Å². The Morgan fingerprint density at radius 3 is 2.76 bits per heavy atom. The zero-order chi connectivity index (χ0) is 12.7. The molecule has 0 unspecified atom stereocenters. The van der Waals surface area contributed by atoms with Crippen LogP contribution in [0.3, 0.4) is 0 Å². The molecule has 0 spiro atoms. The highest BCUT2D eigenvalue weighted by Crippen LogP contribution is 2.20. The Morgan fingerprint density at radius 2 is 2.12 bits per heavy atom. The summed E-state index contributed by atoms with van der Waals surface area (Å²) in [6.07, 6.45) is 0.189. The van der Waals surface area contributed by atoms with Gasteiger partial charge in [-0.1, -0.05) is 24.3 Å². The summed E-state index contributed by atoms with van der Waals surface area (Å²) in [5, 5.41) is 0. The third kappa shape index (κ3) is 4.17. The van der Waals surface area contributed by atoms with Crippen LogP contribution < -0.4 is 5.73 Å². The fourth-order valence-corrected chi connectivity index (χ4v) is 1.69. The molecule has 0 heterocycles. The Labute approximate surface area is 102 Å². The second-order valence-electron chi connectivity index (χ2n) is 3.75. The van der Waals surface area contributed by atoms with Crippen LogP contribution in [0.2, 0.25) is 0 Å². The number of methoxy groups -OCH3 is 1. The van der Waals surface area contributed by atoms with Crippen LogP contribution in [0.5, 0.6) is 0 Å². The molecular weight excluding hydrogens is 218 g/mol. The van der Waals surface area contributed by atoms with Crippen molar-refractivity contribution < 1.29 is 14.3 Å². The first-order valence-electron chi connectivity index (χ1n) is 5.67. The minimum absolute atomic E-state index is 0.189. The topological polar surface area (TPSA) is 61.5 Å². The maximum Gasteiger partial charge on any atom is 0.307 e. The smallest absolute Gasteiger partial charge is 0.307 e. The maximum atomic E-state index is 11.4. The van der Waals surface area contributed by atoms with Crippen LogP contribution in [0, 0.1) is 0 Å². The van der Waals surface area contributed by atoms with Gasteiger partial charge in [-0.25, -0.2) is 0 Å². The van der Waals surface area contributed by atoms with E-state index in [0.29, 0.717) is 13.2 Å². The van der Waals surface area contributed by atoms with Crippen LogP contribution in [0.1, 0.15) is 30.5 Å². The van der Waals surface area contributed by atoms with Gasteiger partial charge in [0.05, 0.1) is 19.6 Å². The zero-order valence-corrected chi connectivity index (χ0v) is 10.3. The van der Waals surface area contributed by atoms with Gasteiger partial charge < -0.3 is 15.2 Å². The summed E-state index contributed by atoms with van der Waals surface area (Å²) in [5.41, 5.74) is 7.94. The van der Waals surface area contributed by atoms with Crippen LogP contribution in [0.4, 0.5) is 0 Å². The predicted molar refractivity (Wildman–Crippen MR) is 65.3 cm³/mol. The van der Waals surface area contributed by atoms with Crippen molar-refractivity contribution in [3.63, 3.8) is 0 Å². The van der Waals surface area contributed by atoms with Crippen molar-refractivity contribution in [3.05, 3.63) is 35.4 Å². The molecule has 0 amide bonds. The molecule has 1 aromatic rings. The lowest BCUT2D eigenvalue weighted by Gasteiger charge is -2.15. The molecule has 1 rings (SSSR count). The predicted octanol–water partition coefficient (Wildman–Crippen LogP) is 1.79. The highest BCUT2D eigenvalue weighted by molar-refractivity contribution is 5.70. The number of nitrogens with two attached hydrogens (primary N) is 1. The van der Waals surface area contributed by atoms with Gasteiger partial charge >= 0.3 is 5.97 Å². The van der Waals surface area contributed by atoms with Crippen LogP contribution >= 0.6 is 0 Å². The average molecular weight is 237 g/mol. The molecule has 4 nitrogen and oxygen atoms in total. The lowest BCUT2D eigenvalue weighted by molar-refractivity contribution is -0.143. The van der Waals surface area contributed by atoms with E-state index in [4.69, 9.17) is 15.2 Å². The molecule has 0 aliphatic heterocycles. The van der Waals surface area contributed by atoms with Gasteiger partial charge in [-0.15, -0.1) is 0 Å². The Morgan fingerprint density at radius 1 is 1.41 bits per heavy atom. The minimum Gasteiger partial charge on any atom is -0.466 e. The SMILES string of the molecule is CCOC(=O)C[C@@H](N)c1ccccc1COC. The van der Waals surface area contributed by atoms with E-state index in [9.17, 15) is 4.79 Å². The molecule has 2 N–H and O–H groups in total. The molecule has 4 heteroatoms. The first kappa shape index (κ1) is 13.7. The van der Waals surface area contributed by atoms with Crippen molar-refractivity contribution in [1.29, 1.82) is 0 Å². The summed E-state index contributed by atoms with van der Waals surface area (Å²) in [5.74, 6) is -0.271. The number of carbonyl (C=O) groups is 1. The average Bonchev–Trinajstić information content (AvgIpc) is 2.30. The van der Waals surface area contributed by atoms with E-state index >= 15 is 0 Å². The van der Waals surface area contributed by atoms with Gasteiger partial charge in [-0.2, -0.15) is 0 Å². The number of benzene rings is 1. The number of hydrogen-bond donors (Lipinski definition) is 1. The maximum absolute atomic E-state index is 11.4.